The molecule has 0 aromatic heterocycles. The number of hydrogen-bond acceptors (Lipinski definition) is 2. The van der Waals surface area contributed by atoms with Crippen LogP contribution in [-0.4, -0.2) is 19.2 Å². The number of rotatable bonds is 3. The first-order valence-corrected chi connectivity index (χ1v) is 5.76. The van der Waals surface area contributed by atoms with E-state index in [0.717, 1.165) is 29.5 Å². The van der Waals surface area contributed by atoms with E-state index in [4.69, 9.17) is 16.3 Å². The molecule has 1 fully saturated rings. The van der Waals surface area contributed by atoms with Gasteiger partial charge in [0.15, 0.2) is 0 Å². The zero-order valence-corrected chi connectivity index (χ0v) is 9.68. The van der Waals surface area contributed by atoms with Crippen molar-refractivity contribution < 1.29 is 4.74 Å². The third-order valence-corrected chi connectivity index (χ3v) is 3.17. The Labute approximate surface area is 95.6 Å². The number of benzene rings is 1. The molecule has 82 valence electrons. The molecule has 0 aliphatic carbocycles. The summed E-state index contributed by atoms with van der Waals surface area (Å²) in [5, 5.41) is 4.19. The molecule has 15 heavy (non-hydrogen) atoms. The molecular weight excluding hydrogens is 210 g/mol. The van der Waals surface area contributed by atoms with E-state index in [1.54, 1.807) is 0 Å². The summed E-state index contributed by atoms with van der Waals surface area (Å²) in [6, 6.07) is 6.30. The van der Waals surface area contributed by atoms with Gasteiger partial charge in [-0.3, -0.25) is 0 Å². The third-order valence-electron chi connectivity index (χ3n) is 2.74. The fourth-order valence-electron chi connectivity index (χ4n) is 1.80. The number of nitrogens with one attached hydrogen (secondary N) is 1. The molecule has 2 rings (SSSR count). The molecule has 0 spiro atoms. The van der Waals surface area contributed by atoms with E-state index >= 15 is 0 Å². The van der Waals surface area contributed by atoms with Crippen molar-refractivity contribution in [1.29, 1.82) is 0 Å². The van der Waals surface area contributed by atoms with Crippen LogP contribution in [0.3, 0.4) is 0 Å². The first-order chi connectivity index (χ1) is 7.25. The van der Waals surface area contributed by atoms with Gasteiger partial charge >= 0.3 is 0 Å². The van der Waals surface area contributed by atoms with Crippen LogP contribution in [0.25, 0.3) is 0 Å². The maximum absolute atomic E-state index is 5.94. The summed E-state index contributed by atoms with van der Waals surface area (Å²) in [7, 11) is 0. The summed E-state index contributed by atoms with van der Waals surface area (Å²) < 4.78 is 5.70. The van der Waals surface area contributed by atoms with Gasteiger partial charge in [-0.15, -0.1) is 0 Å². The van der Waals surface area contributed by atoms with Crippen LogP contribution in [0.2, 0.25) is 5.02 Å². The fourth-order valence-corrected chi connectivity index (χ4v) is 1.92. The summed E-state index contributed by atoms with van der Waals surface area (Å²) in [4.78, 5) is 0. The predicted octanol–water partition coefficient (Wildman–Crippen LogP) is 2.78. The van der Waals surface area contributed by atoms with Crippen molar-refractivity contribution in [2.75, 3.05) is 13.2 Å². The minimum atomic E-state index is 0.515. The normalized spacial score (nSPS) is 20.5. The van der Waals surface area contributed by atoms with E-state index in [-0.39, 0.29) is 0 Å². The highest BCUT2D eigenvalue weighted by Gasteiger charge is 2.14. The first-order valence-electron chi connectivity index (χ1n) is 5.38. The molecule has 2 nitrogen and oxygen atoms in total. The average molecular weight is 226 g/mol. The van der Waals surface area contributed by atoms with Gasteiger partial charge in [-0.2, -0.15) is 0 Å². The Balaban J connectivity index is 1.90. The molecule has 1 saturated heterocycles. The lowest BCUT2D eigenvalue weighted by atomic mass is 10.2. The van der Waals surface area contributed by atoms with Gasteiger partial charge in [0.05, 0.1) is 0 Å². The zero-order chi connectivity index (χ0) is 10.7. The van der Waals surface area contributed by atoms with Crippen molar-refractivity contribution in [3.63, 3.8) is 0 Å². The molecule has 1 aromatic carbocycles. The summed E-state index contributed by atoms with van der Waals surface area (Å²) in [6.07, 6.45) is 2.47. The van der Waals surface area contributed by atoms with Crippen LogP contribution in [0.15, 0.2) is 18.2 Å². The Morgan fingerprint density at radius 1 is 1.53 bits per heavy atom. The quantitative estimate of drug-likeness (QED) is 0.854. The van der Waals surface area contributed by atoms with Gasteiger partial charge < -0.3 is 10.1 Å². The first kappa shape index (κ1) is 10.8. The summed E-state index contributed by atoms with van der Waals surface area (Å²) >= 11 is 5.94. The summed E-state index contributed by atoms with van der Waals surface area (Å²) in [6.45, 7) is 3.86. The van der Waals surface area contributed by atoms with Crippen LogP contribution in [0.5, 0.6) is 5.75 Å². The maximum atomic E-state index is 5.94. The van der Waals surface area contributed by atoms with E-state index < -0.39 is 0 Å². The summed E-state index contributed by atoms with van der Waals surface area (Å²) in [5.74, 6) is 0.908. The average Bonchev–Trinajstić information content (AvgIpc) is 2.73. The van der Waals surface area contributed by atoms with Crippen LogP contribution in [0.1, 0.15) is 18.4 Å². The highest BCUT2D eigenvalue weighted by molar-refractivity contribution is 6.31. The van der Waals surface area contributed by atoms with Crippen molar-refractivity contribution in [3.8, 4) is 5.75 Å². The Bertz CT molecular complexity index is 334. The molecule has 1 atom stereocenters. The smallest absolute Gasteiger partial charge is 0.119 e. The molecule has 1 unspecified atom stereocenters. The minimum absolute atomic E-state index is 0.515. The topological polar surface area (TPSA) is 21.3 Å². The Kier molecular flexibility index (Phi) is 3.49. The van der Waals surface area contributed by atoms with Crippen LogP contribution >= 0.6 is 11.6 Å². The largest absolute Gasteiger partial charge is 0.492 e. The molecule has 3 heteroatoms. The van der Waals surface area contributed by atoms with E-state index in [0.29, 0.717) is 6.04 Å². The number of ether oxygens (including phenoxy) is 1. The second kappa shape index (κ2) is 4.86. The monoisotopic (exact) mass is 225 g/mol. The fraction of sp³-hybridized carbons (Fsp3) is 0.500. The molecule has 1 aliphatic rings. The SMILES string of the molecule is Cc1cc(OCC2CCCN2)ccc1Cl. The van der Waals surface area contributed by atoms with Gasteiger partial charge in [-0.1, -0.05) is 11.6 Å². The third kappa shape index (κ3) is 2.86. The Morgan fingerprint density at radius 3 is 3.07 bits per heavy atom. The van der Waals surface area contributed by atoms with Gasteiger partial charge in [-0.25, -0.2) is 0 Å². The van der Waals surface area contributed by atoms with E-state index in [2.05, 4.69) is 5.32 Å². The molecule has 0 saturated carbocycles. The molecule has 1 heterocycles. The molecule has 1 aromatic rings. The zero-order valence-electron chi connectivity index (χ0n) is 8.92. The standard InChI is InChI=1S/C12H16ClNO/c1-9-7-11(4-5-12(9)13)15-8-10-3-2-6-14-10/h4-5,7,10,14H,2-3,6,8H2,1H3. The van der Waals surface area contributed by atoms with Gasteiger partial charge in [0.2, 0.25) is 0 Å². The van der Waals surface area contributed by atoms with Crippen LogP contribution in [0, 0.1) is 6.92 Å². The Hall–Kier alpha value is -0.730. The van der Waals surface area contributed by atoms with E-state index in [1.807, 2.05) is 25.1 Å². The lowest BCUT2D eigenvalue weighted by Crippen LogP contribution is -2.28. The van der Waals surface area contributed by atoms with Crippen molar-refractivity contribution in [3.05, 3.63) is 28.8 Å². The van der Waals surface area contributed by atoms with Gasteiger partial charge in [0.25, 0.3) is 0 Å². The molecule has 0 amide bonds. The van der Waals surface area contributed by atoms with Crippen molar-refractivity contribution >= 4 is 11.6 Å². The van der Waals surface area contributed by atoms with Gasteiger partial charge in [0.1, 0.15) is 12.4 Å². The molecule has 1 N–H and O–H groups in total. The second-order valence-electron chi connectivity index (χ2n) is 4.02. The van der Waals surface area contributed by atoms with Crippen LogP contribution < -0.4 is 10.1 Å². The van der Waals surface area contributed by atoms with Gasteiger partial charge in [0, 0.05) is 11.1 Å². The molecule has 0 radical (unpaired) electrons. The van der Waals surface area contributed by atoms with Crippen molar-refractivity contribution in [1.82, 2.24) is 5.32 Å². The second-order valence-corrected chi connectivity index (χ2v) is 4.42. The molecule has 0 bridgehead atoms. The highest BCUT2D eigenvalue weighted by atomic mass is 35.5. The lowest BCUT2D eigenvalue weighted by molar-refractivity contribution is 0.277. The van der Waals surface area contributed by atoms with Gasteiger partial charge in [-0.05, 0) is 50.1 Å². The minimum Gasteiger partial charge on any atom is -0.492 e. The Morgan fingerprint density at radius 2 is 2.40 bits per heavy atom. The maximum Gasteiger partial charge on any atom is 0.119 e. The lowest BCUT2D eigenvalue weighted by Gasteiger charge is -2.12. The predicted molar refractivity (Wildman–Crippen MR) is 62.7 cm³/mol. The number of halogens is 1. The number of hydrogen-bond donors (Lipinski definition) is 1. The molecular formula is C12H16ClNO. The summed E-state index contributed by atoms with van der Waals surface area (Å²) in [5.41, 5.74) is 1.06. The highest BCUT2D eigenvalue weighted by Crippen LogP contribution is 2.21. The van der Waals surface area contributed by atoms with Crippen molar-refractivity contribution in [2.45, 2.75) is 25.8 Å². The number of aryl methyl sites for hydroxylation is 1. The molecule has 1 aliphatic heterocycles. The van der Waals surface area contributed by atoms with E-state index in [9.17, 15) is 0 Å². The van der Waals surface area contributed by atoms with E-state index in [1.165, 1.54) is 12.8 Å². The van der Waals surface area contributed by atoms with Crippen molar-refractivity contribution in [2.24, 2.45) is 0 Å². The van der Waals surface area contributed by atoms with Crippen LogP contribution in [-0.2, 0) is 0 Å². The van der Waals surface area contributed by atoms with Crippen LogP contribution in [0.4, 0.5) is 0 Å².